The van der Waals surface area contributed by atoms with Crippen LogP contribution in [-0.4, -0.2) is 38.6 Å². The molecule has 1 aliphatic rings. The van der Waals surface area contributed by atoms with Crippen molar-refractivity contribution in [3.63, 3.8) is 0 Å². The number of fused-ring (bicyclic) bond motifs is 1. The normalized spacial score (nSPS) is 14.0. The van der Waals surface area contributed by atoms with Crippen LogP contribution in [0, 0.1) is 6.92 Å². The van der Waals surface area contributed by atoms with E-state index in [-0.39, 0.29) is 36.6 Å². The zero-order chi connectivity index (χ0) is 22.3. The highest BCUT2D eigenvalue weighted by Gasteiger charge is 2.35. The predicted molar refractivity (Wildman–Crippen MR) is 105 cm³/mol. The molecule has 31 heavy (non-hydrogen) atoms. The first-order chi connectivity index (χ1) is 14.7. The molecule has 4 rings (SSSR count). The highest BCUT2D eigenvalue weighted by molar-refractivity contribution is 5.93. The predicted octanol–water partition coefficient (Wildman–Crippen LogP) is 3.03. The summed E-state index contributed by atoms with van der Waals surface area (Å²) >= 11 is 0. The maximum absolute atomic E-state index is 13.3. The Bertz CT molecular complexity index is 1210. The fraction of sp³-hybridized carbons (Fsp3) is 0.286. The molecule has 0 radical (unpaired) electrons. The minimum Gasteiger partial charge on any atom is -0.496 e. The number of hydrogen-bond acceptors (Lipinski definition) is 4. The van der Waals surface area contributed by atoms with Crippen LogP contribution in [0.1, 0.15) is 27.3 Å². The molecular formula is C21H19F3N4O3. The second-order valence-electron chi connectivity index (χ2n) is 7.24. The number of alkyl halides is 3. The van der Waals surface area contributed by atoms with E-state index in [1.54, 1.807) is 29.8 Å². The lowest BCUT2D eigenvalue weighted by Crippen LogP contribution is -2.44. The van der Waals surface area contributed by atoms with Gasteiger partial charge in [0.15, 0.2) is 0 Å². The van der Waals surface area contributed by atoms with Crippen molar-refractivity contribution in [3.05, 3.63) is 75.7 Å². The number of imidazole rings is 1. The second-order valence-corrected chi connectivity index (χ2v) is 7.24. The maximum Gasteiger partial charge on any atom is 0.419 e. The number of rotatable bonds is 4. The van der Waals surface area contributed by atoms with E-state index < -0.39 is 17.6 Å². The van der Waals surface area contributed by atoms with Gasteiger partial charge in [0.05, 0.1) is 24.7 Å². The molecule has 0 saturated heterocycles. The Kier molecular flexibility index (Phi) is 5.08. The van der Waals surface area contributed by atoms with Crippen LogP contribution < -0.4 is 10.3 Å². The van der Waals surface area contributed by atoms with E-state index in [4.69, 9.17) is 4.74 Å². The minimum atomic E-state index is -4.57. The standard InChI is InChI=1S/C21H19F3N4O3/c1-13-10-27(12-25-13)16-4-5-17-19(29)26(7-8-28(17)20(16)30)11-14-3-6-18(31-2)15(9-14)21(22,23)24/h3-6,9-10,12H,7-8,11H2,1-2H3. The van der Waals surface area contributed by atoms with Crippen molar-refractivity contribution in [3.8, 4) is 11.4 Å². The largest absolute Gasteiger partial charge is 0.496 e. The number of ether oxygens (including phenoxy) is 1. The lowest BCUT2D eigenvalue weighted by Gasteiger charge is -2.30. The lowest BCUT2D eigenvalue weighted by atomic mass is 10.1. The summed E-state index contributed by atoms with van der Waals surface area (Å²) in [4.78, 5) is 31.3. The molecule has 1 amide bonds. The van der Waals surface area contributed by atoms with E-state index in [2.05, 4.69) is 4.98 Å². The highest BCUT2D eigenvalue weighted by Crippen LogP contribution is 2.37. The number of pyridine rings is 1. The zero-order valence-electron chi connectivity index (χ0n) is 16.8. The number of hydrogen-bond donors (Lipinski definition) is 0. The summed E-state index contributed by atoms with van der Waals surface area (Å²) in [5.74, 6) is -0.693. The van der Waals surface area contributed by atoms with Gasteiger partial charge in [0.2, 0.25) is 0 Å². The summed E-state index contributed by atoms with van der Waals surface area (Å²) in [5.41, 5.74) is 0.419. The summed E-state index contributed by atoms with van der Waals surface area (Å²) in [5, 5.41) is 0. The highest BCUT2D eigenvalue weighted by atomic mass is 19.4. The Hall–Kier alpha value is -3.56. The van der Waals surface area contributed by atoms with Gasteiger partial charge in [0, 0.05) is 25.8 Å². The van der Waals surface area contributed by atoms with Crippen molar-refractivity contribution in [1.82, 2.24) is 19.0 Å². The van der Waals surface area contributed by atoms with Gasteiger partial charge in [0.1, 0.15) is 17.1 Å². The molecule has 0 saturated carbocycles. The van der Waals surface area contributed by atoms with Crippen molar-refractivity contribution in [1.29, 1.82) is 0 Å². The Balaban J connectivity index is 1.62. The van der Waals surface area contributed by atoms with Gasteiger partial charge < -0.3 is 18.8 Å². The molecule has 0 unspecified atom stereocenters. The summed E-state index contributed by atoms with van der Waals surface area (Å²) in [6.45, 7) is 2.23. The fourth-order valence-electron chi connectivity index (χ4n) is 3.66. The van der Waals surface area contributed by atoms with E-state index in [0.717, 1.165) is 11.8 Å². The Morgan fingerprint density at radius 3 is 2.55 bits per heavy atom. The van der Waals surface area contributed by atoms with Crippen molar-refractivity contribution in [2.75, 3.05) is 13.7 Å². The number of halogens is 3. The molecule has 1 aliphatic heterocycles. The van der Waals surface area contributed by atoms with Crippen LogP contribution in [0.15, 0.2) is 47.7 Å². The summed E-state index contributed by atoms with van der Waals surface area (Å²) < 4.78 is 47.6. The number of aryl methyl sites for hydroxylation is 1. The third-order valence-corrected chi connectivity index (χ3v) is 5.19. The SMILES string of the molecule is COc1ccc(CN2CCn3c(ccc(-n4cnc(C)c4)c3=O)C2=O)cc1C(F)(F)F. The molecule has 0 aliphatic carbocycles. The van der Waals surface area contributed by atoms with Gasteiger partial charge >= 0.3 is 6.18 Å². The molecule has 0 N–H and O–H groups in total. The number of aromatic nitrogens is 3. The number of nitrogens with zero attached hydrogens (tertiary/aromatic N) is 4. The third-order valence-electron chi connectivity index (χ3n) is 5.19. The molecule has 162 valence electrons. The van der Waals surface area contributed by atoms with Crippen LogP contribution >= 0.6 is 0 Å². The van der Waals surface area contributed by atoms with Crippen LogP contribution in [0.25, 0.3) is 5.69 Å². The molecule has 1 aromatic carbocycles. The molecule has 3 heterocycles. The molecule has 0 atom stereocenters. The van der Waals surface area contributed by atoms with Crippen LogP contribution in [-0.2, 0) is 19.3 Å². The quantitative estimate of drug-likeness (QED) is 0.636. The van der Waals surface area contributed by atoms with Gasteiger partial charge in [-0.15, -0.1) is 0 Å². The van der Waals surface area contributed by atoms with E-state index in [1.165, 1.54) is 35.0 Å². The molecule has 10 heteroatoms. The van der Waals surface area contributed by atoms with Gasteiger partial charge in [-0.1, -0.05) is 6.07 Å². The topological polar surface area (TPSA) is 69.4 Å². The molecule has 0 fully saturated rings. The van der Waals surface area contributed by atoms with Gasteiger partial charge in [-0.25, -0.2) is 4.98 Å². The molecule has 2 aromatic heterocycles. The lowest BCUT2D eigenvalue weighted by molar-refractivity contribution is -0.138. The van der Waals surface area contributed by atoms with E-state index >= 15 is 0 Å². The number of carbonyl (C=O) groups excluding carboxylic acids is 1. The molecule has 0 bridgehead atoms. The first-order valence-corrected chi connectivity index (χ1v) is 9.47. The smallest absolute Gasteiger partial charge is 0.419 e. The average molecular weight is 432 g/mol. The van der Waals surface area contributed by atoms with Crippen LogP contribution in [0.4, 0.5) is 13.2 Å². The molecular weight excluding hydrogens is 413 g/mol. The van der Waals surface area contributed by atoms with Crippen molar-refractivity contribution < 1.29 is 22.7 Å². The first kappa shape index (κ1) is 20.7. The maximum atomic E-state index is 13.3. The van der Waals surface area contributed by atoms with Crippen molar-refractivity contribution in [2.24, 2.45) is 0 Å². The van der Waals surface area contributed by atoms with Crippen molar-refractivity contribution >= 4 is 5.91 Å². The Labute approximate surface area is 175 Å². The van der Waals surface area contributed by atoms with Crippen molar-refractivity contribution in [2.45, 2.75) is 26.2 Å². The number of carbonyl (C=O) groups is 1. The van der Waals surface area contributed by atoms with Gasteiger partial charge in [-0.05, 0) is 36.8 Å². The number of methoxy groups -OCH3 is 1. The van der Waals surface area contributed by atoms with Crippen LogP contribution in [0.3, 0.4) is 0 Å². The average Bonchev–Trinajstić information content (AvgIpc) is 3.16. The molecule has 3 aromatic rings. The molecule has 0 spiro atoms. The van der Waals surface area contributed by atoms with Gasteiger partial charge in [-0.2, -0.15) is 13.2 Å². The fourth-order valence-corrected chi connectivity index (χ4v) is 3.66. The third kappa shape index (κ3) is 3.80. The second kappa shape index (κ2) is 7.60. The summed E-state index contributed by atoms with van der Waals surface area (Å²) in [6, 6.07) is 6.82. The van der Waals surface area contributed by atoms with E-state index in [0.29, 0.717) is 11.3 Å². The van der Waals surface area contributed by atoms with Crippen LogP contribution in [0.5, 0.6) is 5.75 Å². The van der Waals surface area contributed by atoms with Gasteiger partial charge in [-0.3, -0.25) is 9.59 Å². The van der Waals surface area contributed by atoms with Crippen LogP contribution in [0.2, 0.25) is 0 Å². The van der Waals surface area contributed by atoms with Gasteiger partial charge in [0.25, 0.3) is 11.5 Å². The van der Waals surface area contributed by atoms with E-state index in [1.807, 2.05) is 0 Å². The Morgan fingerprint density at radius 1 is 1.13 bits per heavy atom. The monoisotopic (exact) mass is 432 g/mol. The molecule has 7 nitrogen and oxygen atoms in total. The Morgan fingerprint density at radius 2 is 1.90 bits per heavy atom. The number of benzene rings is 1. The zero-order valence-corrected chi connectivity index (χ0v) is 16.8. The minimum absolute atomic E-state index is 0.0113. The van der Waals surface area contributed by atoms with E-state index in [9.17, 15) is 22.8 Å². The number of amides is 1. The summed E-state index contributed by atoms with van der Waals surface area (Å²) in [6.07, 6.45) is -1.34. The first-order valence-electron chi connectivity index (χ1n) is 9.47. The summed E-state index contributed by atoms with van der Waals surface area (Å²) in [7, 11) is 1.17.